The van der Waals surface area contributed by atoms with E-state index in [0.29, 0.717) is 16.8 Å². The number of aldehydes is 1. The first kappa shape index (κ1) is 15.8. The number of aromatic hydroxyl groups is 2. The number of rotatable bonds is 3. The van der Waals surface area contributed by atoms with Crippen LogP contribution in [0.4, 0.5) is 0 Å². The third-order valence-corrected chi connectivity index (χ3v) is 4.26. The van der Waals surface area contributed by atoms with Crippen LogP contribution in [0.25, 0.3) is 33.3 Å². The van der Waals surface area contributed by atoms with Crippen molar-refractivity contribution in [2.45, 2.75) is 0 Å². The molecule has 0 saturated heterocycles. The summed E-state index contributed by atoms with van der Waals surface area (Å²) in [4.78, 5) is 20.1. The molecule has 0 radical (unpaired) electrons. The first-order valence-corrected chi connectivity index (χ1v) is 7.98. The Morgan fingerprint density at radius 1 is 0.808 bits per heavy atom. The minimum atomic E-state index is -0.160. The minimum absolute atomic E-state index is 0.151. The Hall–Kier alpha value is -3.73. The molecule has 0 atom stereocenters. The van der Waals surface area contributed by atoms with Crippen molar-refractivity contribution >= 4 is 17.2 Å². The SMILES string of the molecule is O=Cc1cc(-c2ccc(-c3ccc(O)c(O)c3)cc2)nc2ccncc12. The van der Waals surface area contributed by atoms with Crippen molar-refractivity contribution < 1.29 is 15.0 Å². The fourth-order valence-corrected chi connectivity index (χ4v) is 2.88. The highest BCUT2D eigenvalue weighted by Gasteiger charge is 2.08. The van der Waals surface area contributed by atoms with Gasteiger partial charge < -0.3 is 10.2 Å². The molecule has 2 heterocycles. The van der Waals surface area contributed by atoms with Gasteiger partial charge in [-0.1, -0.05) is 30.3 Å². The molecule has 2 aromatic carbocycles. The Labute approximate surface area is 149 Å². The summed E-state index contributed by atoms with van der Waals surface area (Å²) in [7, 11) is 0. The molecule has 0 amide bonds. The Morgan fingerprint density at radius 2 is 1.54 bits per heavy atom. The van der Waals surface area contributed by atoms with E-state index < -0.39 is 0 Å². The summed E-state index contributed by atoms with van der Waals surface area (Å²) in [6.07, 6.45) is 4.09. The summed E-state index contributed by atoms with van der Waals surface area (Å²) in [6.45, 7) is 0. The van der Waals surface area contributed by atoms with E-state index in [1.165, 1.54) is 12.1 Å². The van der Waals surface area contributed by atoms with Crippen LogP contribution in [-0.2, 0) is 0 Å². The third-order valence-electron chi connectivity index (χ3n) is 4.26. The molecule has 4 aromatic rings. The number of aromatic nitrogens is 2. The number of hydrogen-bond donors (Lipinski definition) is 2. The molecule has 2 aromatic heterocycles. The van der Waals surface area contributed by atoms with Crippen LogP contribution in [0.3, 0.4) is 0 Å². The van der Waals surface area contributed by atoms with Crippen molar-refractivity contribution in [3.63, 3.8) is 0 Å². The lowest BCUT2D eigenvalue weighted by molar-refractivity contribution is 0.112. The van der Waals surface area contributed by atoms with Gasteiger partial charge in [-0.15, -0.1) is 0 Å². The van der Waals surface area contributed by atoms with Crippen LogP contribution >= 0.6 is 0 Å². The molecule has 0 saturated carbocycles. The van der Waals surface area contributed by atoms with Crippen molar-refractivity contribution in [3.05, 3.63) is 72.6 Å². The number of phenolic OH excluding ortho intramolecular Hbond substituents is 2. The van der Waals surface area contributed by atoms with E-state index in [0.717, 1.165) is 28.4 Å². The number of phenols is 2. The topological polar surface area (TPSA) is 83.3 Å². The van der Waals surface area contributed by atoms with Gasteiger partial charge in [-0.2, -0.15) is 0 Å². The first-order chi connectivity index (χ1) is 12.7. The second kappa shape index (κ2) is 6.29. The zero-order valence-corrected chi connectivity index (χ0v) is 13.6. The fraction of sp³-hybridized carbons (Fsp3) is 0. The summed E-state index contributed by atoms with van der Waals surface area (Å²) in [5.74, 6) is -0.311. The number of carbonyl (C=O) groups is 1. The van der Waals surface area contributed by atoms with Crippen LogP contribution in [0, 0.1) is 0 Å². The molecule has 4 rings (SSSR count). The Kier molecular flexibility index (Phi) is 3.82. The van der Waals surface area contributed by atoms with E-state index in [9.17, 15) is 15.0 Å². The maximum Gasteiger partial charge on any atom is 0.158 e. The Balaban J connectivity index is 1.76. The molecule has 0 spiro atoms. The standard InChI is InChI=1S/C21H14N2O3/c24-12-16-9-19(23-18-7-8-22-11-17(16)18)14-3-1-13(2-4-14)15-5-6-20(25)21(26)10-15/h1-12,25-26H. The summed E-state index contributed by atoms with van der Waals surface area (Å²) >= 11 is 0. The van der Waals surface area contributed by atoms with Crippen molar-refractivity contribution in [2.75, 3.05) is 0 Å². The van der Waals surface area contributed by atoms with Crippen LogP contribution in [0.5, 0.6) is 11.5 Å². The highest BCUT2D eigenvalue weighted by atomic mass is 16.3. The van der Waals surface area contributed by atoms with Gasteiger partial charge >= 0.3 is 0 Å². The maximum absolute atomic E-state index is 11.4. The summed E-state index contributed by atoms with van der Waals surface area (Å²) < 4.78 is 0. The van der Waals surface area contributed by atoms with Gasteiger partial charge in [-0.05, 0) is 35.4 Å². The van der Waals surface area contributed by atoms with Crippen LogP contribution in [-0.4, -0.2) is 26.5 Å². The van der Waals surface area contributed by atoms with Gasteiger partial charge in [0.05, 0.1) is 11.2 Å². The van der Waals surface area contributed by atoms with Crippen molar-refractivity contribution in [3.8, 4) is 33.9 Å². The monoisotopic (exact) mass is 342 g/mol. The van der Waals surface area contributed by atoms with Crippen molar-refractivity contribution in [2.24, 2.45) is 0 Å². The van der Waals surface area contributed by atoms with Crippen LogP contribution in [0.15, 0.2) is 67.0 Å². The number of carbonyl (C=O) groups excluding carboxylic acids is 1. The first-order valence-electron chi connectivity index (χ1n) is 7.98. The summed E-state index contributed by atoms with van der Waals surface area (Å²) in [5.41, 5.74) is 4.52. The number of nitrogens with zero attached hydrogens (tertiary/aromatic N) is 2. The van der Waals surface area contributed by atoms with Crippen LogP contribution in [0.2, 0.25) is 0 Å². The average molecular weight is 342 g/mol. The maximum atomic E-state index is 11.4. The van der Waals surface area contributed by atoms with Gasteiger partial charge in [-0.3, -0.25) is 9.78 Å². The van der Waals surface area contributed by atoms with E-state index in [-0.39, 0.29) is 11.5 Å². The highest BCUT2D eigenvalue weighted by Crippen LogP contribution is 2.32. The number of benzene rings is 2. The largest absolute Gasteiger partial charge is 0.504 e. The molecule has 0 aliphatic heterocycles. The zero-order valence-electron chi connectivity index (χ0n) is 13.6. The minimum Gasteiger partial charge on any atom is -0.504 e. The number of hydrogen-bond acceptors (Lipinski definition) is 5. The van der Waals surface area contributed by atoms with Gasteiger partial charge in [0, 0.05) is 28.9 Å². The Bertz CT molecular complexity index is 1120. The van der Waals surface area contributed by atoms with Gasteiger partial charge in [0.15, 0.2) is 17.8 Å². The fourth-order valence-electron chi connectivity index (χ4n) is 2.88. The molecule has 0 aliphatic carbocycles. The lowest BCUT2D eigenvalue weighted by atomic mass is 10.0. The molecule has 5 nitrogen and oxygen atoms in total. The predicted octanol–water partition coefficient (Wildman–Crippen LogP) is 4.19. The molecule has 0 fully saturated rings. The summed E-state index contributed by atoms with van der Waals surface area (Å²) in [6, 6.07) is 15.8. The molecule has 0 bridgehead atoms. The lowest BCUT2D eigenvalue weighted by Gasteiger charge is -2.08. The second-order valence-electron chi connectivity index (χ2n) is 5.89. The lowest BCUT2D eigenvalue weighted by Crippen LogP contribution is -1.92. The second-order valence-corrected chi connectivity index (χ2v) is 5.89. The van der Waals surface area contributed by atoms with E-state index in [1.54, 1.807) is 30.6 Å². The summed E-state index contributed by atoms with van der Waals surface area (Å²) in [5, 5.41) is 19.8. The molecular formula is C21H14N2O3. The van der Waals surface area contributed by atoms with Gasteiger partial charge in [0.25, 0.3) is 0 Å². The van der Waals surface area contributed by atoms with Gasteiger partial charge in [-0.25, -0.2) is 4.98 Å². The molecule has 2 N–H and O–H groups in total. The van der Waals surface area contributed by atoms with E-state index in [4.69, 9.17) is 0 Å². The smallest absolute Gasteiger partial charge is 0.158 e. The van der Waals surface area contributed by atoms with Crippen LogP contribution < -0.4 is 0 Å². The normalized spacial score (nSPS) is 10.8. The van der Waals surface area contributed by atoms with Crippen LogP contribution in [0.1, 0.15) is 10.4 Å². The third kappa shape index (κ3) is 2.75. The quantitative estimate of drug-likeness (QED) is 0.431. The van der Waals surface area contributed by atoms with Gasteiger partial charge in [0.2, 0.25) is 0 Å². The van der Waals surface area contributed by atoms with Gasteiger partial charge in [0.1, 0.15) is 0 Å². The highest BCUT2D eigenvalue weighted by molar-refractivity contribution is 5.97. The number of fused-ring (bicyclic) bond motifs is 1. The number of pyridine rings is 2. The molecule has 126 valence electrons. The molecule has 0 aliphatic rings. The van der Waals surface area contributed by atoms with E-state index >= 15 is 0 Å². The average Bonchev–Trinajstić information content (AvgIpc) is 2.69. The van der Waals surface area contributed by atoms with Crippen molar-refractivity contribution in [1.29, 1.82) is 0 Å². The molecule has 0 unspecified atom stereocenters. The van der Waals surface area contributed by atoms with Crippen molar-refractivity contribution in [1.82, 2.24) is 9.97 Å². The molecule has 5 heteroatoms. The van der Waals surface area contributed by atoms with E-state index in [2.05, 4.69) is 9.97 Å². The van der Waals surface area contributed by atoms with E-state index in [1.807, 2.05) is 24.3 Å². The molecular weight excluding hydrogens is 328 g/mol. The zero-order chi connectivity index (χ0) is 18.1. The molecule has 26 heavy (non-hydrogen) atoms. The predicted molar refractivity (Wildman–Crippen MR) is 99.1 cm³/mol. The Morgan fingerprint density at radius 3 is 2.27 bits per heavy atom.